The molecule has 7 heteroatoms. The number of carbonyl (C=O) groups is 3. The van der Waals surface area contributed by atoms with Crippen LogP contribution in [-0.4, -0.2) is 57.1 Å². The number of nitrogens with zero attached hydrogens (tertiary/aromatic N) is 1. The van der Waals surface area contributed by atoms with E-state index < -0.39 is 5.97 Å². The number of hydrogen-bond acceptors (Lipinski definition) is 4. The van der Waals surface area contributed by atoms with Crippen molar-refractivity contribution in [3.8, 4) is 0 Å². The van der Waals surface area contributed by atoms with Crippen molar-refractivity contribution in [3.63, 3.8) is 0 Å². The van der Waals surface area contributed by atoms with Gasteiger partial charge in [-0.05, 0) is 17.7 Å². The lowest BCUT2D eigenvalue weighted by Crippen LogP contribution is -3.29. The van der Waals surface area contributed by atoms with E-state index in [0.717, 1.165) is 26.2 Å². The summed E-state index contributed by atoms with van der Waals surface area (Å²) in [6, 6.07) is 5.34. The van der Waals surface area contributed by atoms with Gasteiger partial charge in [0, 0.05) is 0 Å². The largest absolute Gasteiger partial charge is 0.545 e. The molecule has 2 aliphatic heterocycles. The highest BCUT2D eigenvalue weighted by Crippen LogP contribution is 2.22. The second-order valence-electron chi connectivity index (χ2n) is 6.27. The normalized spacial score (nSPS) is 28.2. The fourth-order valence-electron chi connectivity index (χ4n) is 3.32. The van der Waals surface area contributed by atoms with E-state index in [1.165, 1.54) is 39.0 Å². The lowest BCUT2D eigenvalue weighted by atomic mass is 10.2. The summed E-state index contributed by atoms with van der Waals surface area (Å²) in [5.41, 5.74) is 0.448. The number of carboxylic acid groups (broad SMARTS) is 1. The number of likely N-dealkylation sites (N-methyl/N-ethyl adjacent to an activating group) is 1. The van der Waals surface area contributed by atoms with Crippen molar-refractivity contribution in [2.75, 3.05) is 38.1 Å². The SMILES string of the molecule is C[NH+]1CC[NH+]([C@H]2CC(=O)N(c3ccc(C(=O)[O-])cc3)C2=O)CC1. The summed E-state index contributed by atoms with van der Waals surface area (Å²) < 4.78 is 0. The van der Waals surface area contributed by atoms with E-state index in [9.17, 15) is 19.5 Å². The molecule has 7 nitrogen and oxygen atoms in total. The van der Waals surface area contributed by atoms with Gasteiger partial charge in [0.1, 0.15) is 26.2 Å². The number of carbonyl (C=O) groups excluding carboxylic acids is 3. The third-order valence-electron chi connectivity index (χ3n) is 4.75. The number of nitrogens with one attached hydrogen (secondary N) is 2. The highest BCUT2D eigenvalue weighted by Gasteiger charge is 2.46. The van der Waals surface area contributed by atoms with E-state index in [1.807, 2.05) is 0 Å². The van der Waals surface area contributed by atoms with Crippen molar-refractivity contribution in [2.24, 2.45) is 0 Å². The van der Waals surface area contributed by atoms with Gasteiger partial charge in [0.05, 0.1) is 25.1 Å². The molecule has 0 bridgehead atoms. The molecule has 1 aromatic carbocycles. The Morgan fingerprint density at radius 3 is 2.30 bits per heavy atom. The number of quaternary nitrogens is 2. The monoisotopic (exact) mass is 318 g/mol. The second-order valence-corrected chi connectivity index (χ2v) is 6.27. The Balaban J connectivity index is 1.77. The first-order chi connectivity index (χ1) is 11.0. The van der Waals surface area contributed by atoms with Crippen LogP contribution in [0.25, 0.3) is 0 Å². The number of piperazine rings is 1. The Labute approximate surface area is 134 Å². The number of rotatable bonds is 3. The van der Waals surface area contributed by atoms with Crippen LogP contribution in [0.2, 0.25) is 0 Å². The van der Waals surface area contributed by atoms with Crippen LogP contribution in [0.4, 0.5) is 5.69 Å². The average Bonchev–Trinajstić information content (AvgIpc) is 2.83. The van der Waals surface area contributed by atoms with Gasteiger partial charge in [0.15, 0.2) is 6.04 Å². The molecule has 2 N–H and O–H groups in total. The maximum absolute atomic E-state index is 12.7. The predicted octanol–water partition coefficient (Wildman–Crippen LogP) is -3.90. The Morgan fingerprint density at radius 2 is 1.74 bits per heavy atom. The molecular weight excluding hydrogens is 298 g/mol. The molecule has 1 aromatic rings. The predicted molar refractivity (Wildman–Crippen MR) is 79.0 cm³/mol. The van der Waals surface area contributed by atoms with Crippen LogP contribution >= 0.6 is 0 Å². The van der Waals surface area contributed by atoms with E-state index in [1.54, 1.807) is 0 Å². The van der Waals surface area contributed by atoms with Crippen LogP contribution in [0, 0.1) is 0 Å². The van der Waals surface area contributed by atoms with Gasteiger partial charge in [-0.1, -0.05) is 12.1 Å². The summed E-state index contributed by atoms with van der Waals surface area (Å²) in [5, 5.41) is 10.8. The fourth-order valence-corrected chi connectivity index (χ4v) is 3.32. The summed E-state index contributed by atoms with van der Waals surface area (Å²) in [5.74, 6) is -1.69. The first-order valence-electron chi connectivity index (χ1n) is 7.81. The van der Waals surface area contributed by atoms with Crippen molar-refractivity contribution >= 4 is 23.5 Å². The molecule has 2 fully saturated rings. The smallest absolute Gasteiger partial charge is 0.292 e. The highest BCUT2D eigenvalue weighted by atomic mass is 16.4. The molecule has 2 amide bonds. The third-order valence-corrected chi connectivity index (χ3v) is 4.75. The number of amides is 2. The minimum Gasteiger partial charge on any atom is -0.545 e. The lowest BCUT2D eigenvalue weighted by molar-refractivity contribution is -1.01. The Morgan fingerprint density at radius 1 is 1.13 bits per heavy atom. The van der Waals surface area contributed by atoms with Crippen LogP contribution in [0.3, 0.4) is 0 Å². The van der Waals surface area contributed by atoms with Gasteiger partial charge >= 0.3 is 0 Å². The van der Waals surface area contributed by atoms with E-state index in [0.29, 0.717) is 5.69 Å². The number of benzene rings is 1. The molecule has 2 heterocycles. The number of hydrogen-bond donors (Lipinski definition) is 2. The Hall–Kier alpha value is -2.25. The molecular formula is C16H20N3O4+. The molecule has 0 aromatic heterocycles. The molecule has 0 aliphatic carbocycles. The van der Waals surface area contributed by atoms with E-state index in [2.05, 4.69) is 7.05 Å². The first-order valence-corrected chi connectivity index (χ1v) is 7.81. The van der Waals surface area contributed by atoms with Gasteiger partial charge < -0.3 is 19.7 Å². The topological polar surface area (TPSA) is 86.4 Å². The number of anilines is 1. The summed E-state index contributed by atoms with van der Waals surface area (Å²) in [6.07, 6.45) is 0.218. The van der Waals surface area contributed by atoms with Crippen molar-refractivity contribution in [2.45, 2.75) is 12.5 Å². The molecule has 2 aliphatic rings. The summed E-state index contributed by atoms with van der Waals surface area (Å²) in [6.45, 7) is 3.75. The zero-order valence-corrected chi connectivity index (χ0v) is 13.0. The summed E-state index contributed by atoms with van der Waals surface area (Å²) in [7, 11) is 2.13. The zero-order chi connectivity index (χ0) is 16.6. The van der Waals surface area contributed by atoms with Crippen molar-refractivity contribution in [1.29, 1.82) is 0 Å². The maximum atomic E-state index is 12.7. The number of carboxylic acids is 1. The molecule has 1 atom stereocenters. The quantitative estimate of drug-likeness (QED) is 0.558. The Kier molecular flexibility index (Phi) is 4.14. The lowest BCUT2D eigenvalue weighted by Gasteiger charge is -2.30. The molecule has 0 unspecified atom stereocenters. The van der Waals surface area contributed by atoms with E-state index in [-0.39, 0.29) is 29.8 Å². The molecule has 0 spiro atoms. The van der Waals surface area contributed by atoms with Crippen LogP contribution in [-0.2, 0) is 9.59 Å². The van der Waals surface area contributed by atoms with Gasteiger partial charge in [0.2, 0.25) is 5.91 Å². The number of imide groups is 1. The average molecular weight is 318 g/mol. The van der Waals surface area contributed by atoms with Gasteiger partial charge in [-0.3, -0.25) is 9.59 Å². The van der Waals surface area contributed by atoms with Crippen LogP contribution < -0.4 is 19.8 Å². The molecule has 23 heavy (non-hydrogen) atoms. The third kappa shape index (κ3) is 2.97. The number of aromatic carboxylic acids is 1. The van der Waals surface area contributed by atoms with Gasteiger partial charge in [-0.25, -0.2) is 4.90 Å². The first kappa shape index (κ1) is 15.6. The van der Waals surface area contributed by atoms with Crippen LogP contribution in [0.1, 0.15) is 16.8 Å². The molecule has 2 saturated heterocycles. The Bertz CT molecular complexity index is 635. The zero-order valence-electron chi connectivity index (χ0n) is 13.0. The molecule has 0 radical (unpaired) electrons. The van der Waals surface area contributed by atoms with Crippen molar-refractivity contribution in [3.05, 3.63) is 29.8 Å². The fraction of sp³-hybridized carbons (Fsp3) is 0.438. The van der Waals surface area contributed by atoms with E-state index >= 15 is 0 Å². The van der Waals surface area contributed by atoms with Crippen LogP contribution in [0.15, 0.2) is 24.3 Å². The summed E-state index contributed by atoms with van der Waals surface area (Å²) in [4.78, 5) is 39.5. The summed E-state index contributed by atoms with van der Waals surface area (Å²) >= 11 is 0. The van der Waals surface area contributed by atoms with Gasteiger partial charge in [-0.15, -0.1) is 0 Å². The molecule has 122 valence electrons. The maximum Gasteiger partial charge on any atom is 0.292 e. The molecule has 3 rings (SSSR count). The van der Waals surface area contributed by atoms with Crippen molar-refractivity contribution < 1.29 is 29.3 Å². The van der Waals surface area contributed by atoms with Crippen LogP contribution in [0.5, 0.6) is 0 Å². The minimum absolute atomic E-state index is 0.0251. The second kappa shape index (κ2) is 6.10. The van der Waals surface area contributed by atoms with E-state index in [4.69, 9.17) is 0 Å². The van der Waals surface area contributed by atoms with Gasteiger partial charge in [-0.2, -0.15) is 0 Å². The molecule has 0 saturated carbocycles. The standard InChI is InChI=1S/C16H19N3O4/c1-17-6-8-18(9-7-17)13-10-14(20)19(15(13)21)12-4-2-11(3-5-12)16(22)23/h2-5,13H,6-10H2,1H3,(H,22,23)/p+1/t13-/m0/s1. The van der Waals surface area contributed by atoms with Crippen molar-refractivity contribution in [1.82, 2.24) is 0 Å². The minimum atomic E-state index is -1.28. The van der Waals surface area contributed by atoms with Gasteiger partial charge in [0.25, 0.3) is 5.91 Å². The highest BCUT2D eigenvalue weighted by molar-refractivity contribution is 6.21.